The van der Waals surface area contributed by atoms with E-state index in [1.54, 1.807) is 0 Å². The molecule has 0 aromatic heterocycles. The molecule has 2 saturated heterocycles. The molecule has 0 aromatic carbocycles. The van der Waals surface area contributed by atoms with Crippen LogP contribution >= 0.6 is 0 Å². The number of nitriles is 1. The molecule has 2 aliphatic rings. The minimum atomic E-state index is 0.277. The van der Waals surface area contributed by atoms with E-state index in [0.717, 1.165) is 19.0 Å². The fourth-order valence-electron chi connectivity index (χ4n) is 3.35. The summed E-state index contributed by atoms with van der Waals surface area (Å²) >= 11 is 0. The minimum Gasteiger partial charge on any atom is -0.299 e. The van der Waals surface area contributed by atoms with Gasteiger partial charge in [0.2, 0.25) is 0 Å². The largest absolute Gasteiger partial charge is 0.299 e. The van der Waals surface area contributed by atoms with Gasteiger partial charge >= 0.3 is 0 Å². The molecule has 102 valence electrons. The second kappa shape index (κ2) is 5.59. The Morgan fingerprint density at radius 1 is 1.06 bits per heavy atom. The lowest BCUT2D eigenvalue weighted by molar-refractivity contribution is 0.0433. The molecule has 2 fully saturated rings. The molecule has 1 atom stereocenters. The van der Waals surface area contributed by atoms with Crippen LogP contribution in [0.5, 0.6) is 0 Å². The molecule has 0 N–H and O–H groups in total. The molecule has 2 aliphatic heterocycles. The molecule has 0 bridgehead atoms. The van der Waals surface area contributed by atoms with Crippen LogP contribution in [-0.2, 0) is 0 Å². The number of piperidine rings is 2. The van der Waals surface area contributed by atoms with E-state index in [9.17, 15) is 0 Å². The van der Waals surface area contributed by atoms with Crippen LogP contribution in [0.1, 0.15) is 46.5 Å². The molecule has 3 nitrogen and oxygen atoms in total. The second-order valence-electron chi connectivity index (χ2n) is 6.85. The number of likely N-dealkylation sites (tertiary alicyclic amines) is 2. The lowest BCUT2D eigenvalue weighted by Gasteiger charge is -2.45. The summed E-state index contributed by atoms with van der Waals surface area (Å²) in [6.07, 6.45) is 4.86. The van der Waals surface area contributed by atoms with Crippen LogP contribution in [-0.4, -0.2) is 47.6 Å². The first-order valence-corrected chi connectivity index (χ1v) is 7.39. The van der Waals surface area contributed by atoms with Gasteiger partial charge in [-0.3, -0.25) is 9.80 Å². The molecule has 18 heavy (non-hydrogen) atoms. The van der Waals surface area contributed by atoms with Gasteiger partial charge in [-0.1, -0.05) is 0 Å². The quantitative estimate of drug-likeness (QED) is 0.715. The number of rotatable bonds is 1. The number of hydrogen-bond acceptors (Lipinski definition) is 3. The highest BCUT2D eigenvalue weighted by molar-refractivity contribution is 4.92. The van der Waals surface area contributed by atoms with Gasteiger partial charge in [0, 0.05) is 31.2 Å². The topological polar surface area (TPSA) is 30.3 Å². The third kappa shape index (κ3) is 3.24. The van der Waals surface area contributed by atoms with Gasteiger partial charge in [0.25, 0.3) is 0 Å². The molecule has 2 rings (SSSR count). The maximum atomic E-state index is 9.07. The first-order valence-electron chi connectivity index (χ1n) is 7.39. The van der Waals surface area contributed by atoms with Crippen LogP contribution < -0.4 is 0 Å². The summed E-state index contributed by atoms with van der Waals surface area (Å²) in [5.74, 6) is 0.277. The maximum absolute atomic E-state index is 9.07. The molecule has 0 amide bonds. The van der Waals surface area contributed by atoms with Crippen LogP contribution in [0.15, 0.2) is 0 Å². The third-order valence-corrected chi connectivity index (χ3v) is 4.56. The minimum absolute atomic E-state index is 0.277. The van der Waals surface area contributed by atoms with Crippen LogP contribution in [0, 0.1) is 17.2 Å². The average molecular weight is 249 g/mol. The zero-order chi connectivity index (χ0) is 13.2. The van der Waals surface area contributed by atoms with Crippen molar-refractivity contribution in [2.24, 2.45) is 5.92 Å². The molecule has 0 saturated carbocycles. The molecule has 0 aromatic rings. The van der Waals surface area contributed by atoms with E-state index in [2.05, 4.69) is 36.6 Å². The molecule has 0 radical (unpaired) electrons. The van der Waals surface area contributed by atoms with E-state index in [-0.39, 0.29) is 5.92 Å². The van der Waals surface area contributed by atoms with Gasteiger partial charge in [-0.2, -0.15) is 5.26 Å². The molecular formula is C15H27N3. The smallest absolute Gasteiger partial charge is 0.0669 e. The first kappa shape index (κ1) is 13.8. The summed E-state index contributed by atoms with van der Waals surface area (Å²) in [6, 6.07) is 3.18. The van der Waals surface area contributed by atoms with Crippen LogP contribution in [0.4, 0.5) is 0 Å². The summed E-state index contributed by atoms with van der Waals surface area (Å²) in [5.41, 5.74) is 0.308. The van der Waals surface area contributed by atoms with Gasteiger partial charge in [-0.25, -0.2) is 0 Å². The van der Waals surface area contributed by atoms with E-state index in [4.69, 9.17) is 5.26 Å². The second-order valence-corrected chi connectivity index (χ2v) is 6.85. The van der Waals surface area contributed by atoms with Gasteiger partial charge in [0.15, 0.2) is 0 Å². The van der Waals surface area contributed by atoms with Gasteiger partial charge < -0.3 is 0 Å². The monoisotopic (exact) mass is 249 g/mol. The Hall–Kier alpha value is -0.590. The molecule has 0 aliphatic carbocycles. The van der Waals surface area contributed by atoms with Crippen molar-refractivity contribution < 1.29 is 0 Å². The zero-order valence-electron chi connectivity index (χ0n) is 12.2. The Labute approximate surface area is 112 Å². The van der Waals surface area contributed by atoms with Crippen LogP contribution in [0.3, 0.4) is 0 Å². The van der Waals surface area contributed by atoms with Gasteiger partial charge in [-0.05, 0) is 53.0 Å². The zero-order valence-corrected chi connectivity index (χ0v) is 12.2. The highest BCUT2D eigenvalue weighted by atomic mass is 15.2. The standard InChI is InChI=1S/C15H27N3/c1-15(2,3)18-9-6-14(7-10-18)17-8-4-5-13(11-16)12-17/h13-14H,4-10,12H2,1-3H3/t13-/m1/s1. The van der Waals surface area contributed by atoms with Crippen LogP contribution in [0.2, 0.25) is 0 Å². The third-order valence-electron chi connectivity index (χ3n) is 4.56. The molecule has 3 heteroatoms. The summed E-state index contributed by atoms with van der Waals surface area (Å²) < 4.78 is 0. The predicted molar refractivity (Wildman–Crippen MR) is 74.3 cm³/mol. The number of nitrogens with zero attached hydrogens (tertiary/aromatic N) is 3. The van der Waals surface area contributed by atoms with Crippen LogP contribution in [0.25, 0.3) is 0 Å². The van der Waals surface area contributed by atoms with E-state index < -0.39 is 0 Å². The molecule has 0 unspecified atom stereocenters. The van der Waals surface area contributed by atoms with E-state index in [1.165, 1.54) is 38.9 Å². The summed E-state index contributed by atoms with van der Waals surface area (Å²) in [5, 5.41) is 9.07. The van der Waals surface area contributed by atoms with Crippen molar-refractivity contribution in [1.82, 2.24) is 9.80 Å². The van der Waals surface area contributed by atoms with Crippen molar-refractivity contribution in [3.63, 3.8) is 0 Å². The van der Waals surface area contributed by atoms with Crippen molar-refractivity contribution in [3.8, 4) is 6.07 Å². The Morgan fingerprint density at radius 3 is 2.28 bits per heavy atom. The SMILES string of the molecule is CC(C)(C)N1CCC(N2CCC[C@H](C#N)C2)CC1. The highest BCUT2D eigenvalue weighted by Crippen LogP contribution is 2.26. The predicted octanol–water partition coefficient (Wildman–Crippen LogP) is 2.48. The van der Waals surface area contributed by atoms with Crippen molar-refractivity contribution in [2.75, 3.05) is 26.2 Å². The Kier molecular flexibility index (Phi) is 4.29. The molecular weight excluding hydrogens is 222 g/mol. The molecule has 2 heterocycles. The summed E-state index contributed by atoms with van der Waals surface area (Å²) in [4.78, 5) is 5.17. The van der Waals surface area contributed by atoms with E-state index in [0.29, 0.717) is 5.54 Å². The Morgan fingerprint density at radius 2 is 1.72 bits per heavy atom. The first-order chi connectivity index (χ1) is 8.50. The lowest BCUT2D eigenvalue weighted by Crippen LogP contribution is -2.52. The van der Waals surface area contributed by atoms with Crippen molar-refractivity contribution in [1.29, 1.82) is 5.26 Å². The van der Waals surface area contributed by atoms with Gasteiger partial charge in [-0.15, -0.1) is 0 Å². The average Bonchev–Trinajstić information content (AvgIpc) is 2.38. The Bertz CT molecular complexity index is 305. The normalized spacial score (nSPS) is 29.1. The van der Waals surface area contributed by atoms with Gasteiger partial charge in [0.1, 0.15) is 0 Å². The number of hydrogen-bond donors (Lipinski definition) is 0. The van der Waals surface area contributed by atoms with Crippen molar-refractivity contribution in [3.05, 3.63) is 0 Å². The fraction of sp³-hybridized carbons (Fsp3) is 0.933. The molecule has 0 spiro atoms. The van der Waals surface area contributed by atoms with E-state index in [1.807, 2.05) is 0 Å². The Balaban J connectivity index is 1.84. The van der Waals surface area contributed by atoms with E-state index >= 15 is 0 Å². The summed E-state index contributed by atoms with van der Waals surface area (Å²) in [6.45, 7) is 11.6. The lowest BCUT2D eigenvalue weighted by atomic mass is 9.93. The van der Waals surface area contributed by atoms with Crippen molar-refractivity contribution in [2.45, 2.75) is 58.0 Å². The summed E-state index contributed by atoms with van der Waals surface area (Å²) in [7, 11) is 0. The fourth-order valence-corrected chi connectivity index (χ4v) is 3.35. The van der Waals surface area contributed by atoms with Gasteiger partial charge in [0.05, 0.1) is 12.0 Å². The van der Waals surface area contributed by atoms with Crippen molar-refractivity contribution >= 4 is 0 Å². The highest BCUT2D eigenvalue weighted by Gasteiger charge is 2.31. The maximum Gasteiger partial charge on any atom is 0.0669 e.